The summed E-state index contributed by atoms with van der Waals surface area (Å²) in [6, 6.07) is 9.56. The summed E-state index contributed by atoms with van der Waals surface area (Å²) >= 11 is 1.36. The summed E-state index contributed by atoms with van der Waals surface area (Å²) in [5, 5.41) is 3.21. The number of aromatic nitrogens is 1. The second-order valence-electron chi connectivity index (χ2n) is 5.53. The molecule has 0 saturated carbocycles. The normalized spacial score (nSPS) is 11.5. The van der Waals surface area contributed by atoms with E-state index in [0.717, 1.165) is 16.5 Å². The van der Waals surface area contributed by atoms with Crippen molar-refractivity contribution in [2.75, 3.05) is 18.7 Å². The molecule has 0 spiro atoms. The van der Waals surface area contributed by atoms with Gasteiger partial charge in [-0.15, -0.1) is 0 Å². The van der Waals surface area contributed by atoms with Crippen LogP contribution in [0.25, 0.3) is 10.2 Å². The summed E-state index contributed by atoms with van der Waals surface area (Å²) < 4.78 is 29.2. The summed E-state index contributed by atoms with van der Waals surface area (Å²) in [5.41, 5.74) is 2.11. The Morgan fingerprint density at radius 1 is 1.16 bits per heavy atom. The minimum atomic E-state index is -3.29. The third-order valence-electron chi connectivity index (χ3n) is 3.69. The number of nitrogens with zero attached hydrogens (tertiary/aromatic N) is 1. The highest BCUT2D eigenvalue weighted by Crippen LogP contribution is 2.34. The van der Waals surface area contributed by atoms with Gasteiger partial charge in [-0.25, -0.2) is 13.4 Å². The molecule has 6 nitrogen and oxygen atoms in total. The van der Waals surface area contributed by atoms with Crippen LogP contribution in [0.4, 0.5) is 5.13 Å². The van der Waals surface area contributed by atoms with Crippen molar-refractivity contribution in [1.82, 2.24) is 4.98 Å². The molecule has 1 amide bonds. The molecule has 2 aromatic carbocycles. The van der Waals surface area contributed by atoms with Gasteiger partial charge in [-0.05, 0) is 42.8 Å². The molecule has 25 heavy (non-hydrogen) atoms. The van der Waals surface area contributed by atoms with E-state index in [9.17, 15) is 13.2 Å². The Morgan fingerprint density at radius 3 is 2.44 bits per heavy atom. The van der Waals surface area contributed by atoms with E-state index in [-0.39, 0.29) is 10.8 Å². The third-order valence-corrected chi connectivity index (χ3v) is 5.92. The Kier molecular flexibility index (Phi) is 4.49. The van der Waals surface area contributed by atoms with E-state index in [4.69, 9.17) is 4.74 Å². The fourth-order valence-corrected chi connectivity index (χ4v) is 3.93. The van der Waals surface area contributed by atoms with Crippen LogP contribution in [-0.4, -0.2) is 32.7 Å². The molecule has 130 valence electrons. The fourth-order valence-electron chi connectivity index (χ4n) is 2.35. The van der Waals surface area contributed by atoms with Crippen LogP contribution in [0.2, 0.25) is 0 Å². The smallest absolute Gasteiger partial charge is 0.257 e. The van der Waals surface area contributed by atoms with Crippen molar-refractivity contribution < 1.29 is 17.9 Å². The average Bonchev–Trinajstić information content (AvgIpc) is 2.99. The number of ether oxygens (including phenoxy) is 1. The van der Waals surface area contributed by atoms with Gasteiger partial charge in [-0.2, -0.15) is 0 Å². The second-order valence-corrected chi connectivity index (χ2v) is 8.55. The zero-order chi connectivity index (χ0) is 18.2. The van der Waals surface area contributed by atoms with Crippen LogP contribution in [0.3, 0.4) is 0 Å². The van der Waals surface area contributed by atoms with Crippen molar-refractivity contribution in [3.63, 3.8) is 0 Å². The number of nitrogens with one attached hydrogen (secondary N) is 1. The highest BCUT2D eigenvalue weighted by molar-refractivity contribution is 7.90. The summed E-state index contributed by atoms with van der Waals surface area (Å²) in [7, 11) is -1.72. The Labute approximate surface area is 149 Å². The van der Waals surface area contributed by atoms with Gasteiger partial charge in [0, 0.05) is 11.8 Å². The number of carbonyl (C=O) groups is 1. The van der Waals surface area contributed by atoms with Crippen molar-refractivity contribution in [2.45, 2.75) is 11.8 Å². The van der Waals surface area contributed by atoms with Gasteiger partial charge in [0.05, 0.1) is 16.7 Å². The molecule has 0 saturated heterocycles. The number of benzene rings is 2. The molecule has 0 aliphatic heterocycles. The van der Waals surface area contributed by atoms with Crippen LogP contribution in [0, 0.1) is 6.92 Å². The minimum absolute atomic E-state index is 0.171. The topological polar surface area (TPSA) is 85.4 Å². The quantitative estimate of drug-likeness (QED) is 0.755. The number of rotatable bonds is 4. The van der Waals surface area contributed by atoms with Gasteiger partial charge in [0.15, 0.2) is 15.0 Å². The van der Waals surface area contributed by atoms with Gasteiger partial charge >= 0.3 is 0 Å². The molecular weight excluding hydrogens is 360 g/mol. The molecule has 3 rings (SSSR count). The van der Waals surface area contributed by atoms with Gasteiger partial charge in [-0.3, -0.25) is 10.1 Å². The van der Waals surface area contributed by atoms with Gasteiger partial charge < -0.3 is 4.74 Å². The number of fused-ring (bicyclic) bond motifs is 1. The monoisotopic (exact) mass is 376 g/mol. The van der Waals surface area contributed by atoms with Crippen molar-refractivity contribution >= 4 is 42.4 Å². The first-order chi connectivity index (χ1) is 11.8. The lowest BCUT2D eigenvalue weighted by Gasteiger charge is -2.03. The number of carbonyl (C=O) groups excluding carboxylic acids is 1. The predicted octanol–water partition coefficient (Wildman–Crippen LogP) is 3.27. The van der Waals surface area contributed by atoms with Gasteiger partial charge in [0.2, 0.25) is 0 Å². The number of hydrogen-bond donors (Lipinski definition) is 1. The average molecular weight is 376 g/mol. The van der Waals surface area contributed by atoms with E-state index in [0.29, 0.717) is 22.0 Å². The number of aryl methyl sites for hydroxylation is 1. The van der Waals surface area contributed by atoms with Crippen LogP contribution in [0.15, 0.2) is 41.3 Å². The summed E-state index contributed by atoms with van der Waals surface area (Å²) in [6.07, 6.45) is 1.12. The van der Waals surface area contributed by atoms with Crippen molar-refractivity contribution in [3.8, 4) is 5.75 Å². The third kappa shape index (κ3) is 3.49. The molecule has 0 atom stereocenters. The Morgan fingerprint density at radius 2 is 1.84 bits per heavy atom. The maximum Gasteiger partial charge on any atom is 0.257 e. The van der Waals surface area contributed by atoms with Crippen LogP contribution < -0.4 is 10.1 Å². The first-order valence-corrected chi connectivity index (χ1v) is 10.1. The summed E-state index contributed by atoms with van der Waals surface area (Å²) in [6.45, 7) is 1.97. The molecule has 0 unspecified atom stereocenters. The van der Waals surface area contributed by atoms with Crippen LogP contribution in [-0.2, 0) is 9.84 Å². The van der Waals surface area contributed by atoms with E-state index in [2.05, 4.69) is 10.3 Å². The maximum absolute atomic E-state index is 12.4. The lowest BCUT2D eigenvalue weighted by atomic mass is 10.2. The first-order valence-electron chi connectivity index (χ1n) is 7.35. The fraction of sp³-hybridized carbons (Fsp3) is 0.176. The standard InChI is InChI=1S/C17H16N2O4S2/c1-10-4-9-13(23-2)14-15(10)24-17(18-14)19-16(20)11-5-7-12(8-6-11)25(3,21)22/h4-9H,1-3H3,(H,18,19,20). The minimum Gasteiger partial charge on any atom is -0.494 e. The SMILES string of the molecule is COc1ccc(C)c2sc(NC(=O)c3ccc(S(C)(=O)=O)cc3)nc12. The van der Waals surface area contributed by atoms with Crippen molar-refractivity contribution in [2.24, 2.45) is 0 Å². The van der Waals surface area contributed by atoms with Gasteiger partial charge in [-0.1, -0.05) is 17.4 Å². The van der Waals surface area contributed by atoms with E-state index >= 15 is 0 Å². The Hall–Kier alpha value is -2.45. The Balaban J connectivity index is 1.88. The molecule has 1 N–H and O–H groups in total. The molecule has 0 radical (unpaired) electrons. The highest BCUT2D eigenvalue weighted by Gasteiger charge is 2.15. The molecule has 0 aliphatic rings. The highest BCUT2D eigenvalue weighted by atomic mass is 32.2. The number of sulfone groups is 1. The zero-order valence-corrected chi connectivity index (χ0v) is 15.5. The summed E-state index contributed by atoms with van der Waals surface area (Å²) in [5.74, 6) is 0.297. The van der Waals surface area contributed by atoms with E-state index in [1.54, 1.807) is 7.11 Å². The maximum atomic E-state index is 12.4. The zero-order valence-electron chi connectivity index (χ0n) is 13.9. The number of hydrogen-bond acceptors (Lipinski definition) is 6. The molecular formula is C17H16N2O4S2. The molecule has 0 fully saturated rings. The van der Waals surface area contributed by atoms with E-state index < -0.39 is 9.84 Å². The van der Waals surface area contributed by atoms with Crippen LogP contribution in [0.1, 0.15) is 15.9 Å². The number of anilines is 1. The predicted molar refractivity (Wildman–Crippen MR) is 98.4 cm³/mol. The second kappa shape index (κ2) is 6.45. The van der Waals surface area contributed by atoms with Crippen molar-refractivity contribution in [3.05, 3.63) is 47.5 Å². The lowest BCUT2D eigenvalue weighted by Crippen LogP contribution is -2.11. The van der Waals surface area contributed by atoms with E-state index in [1.807, 2.05) is 19.1 Å². The van der Waals surface area contributed by atoms with Crippen molar-refractivity contribution in [1.29, 1.82) is 0 Å². The number of methoxy groups -OCH3 is 1. The number of amides is 1. The Bertz CT molecular complexity index is 1050. The lowest BCUT2D eigenvalue weighted by molar-refractivity contribution is 0.102. The molecule has 8 heteroatoms. The van der Waals surface area contributed by atoms with Gasteiger partial charge in [0.25, 0.3) is 5.91 Å². The molecule has 1 aromatic heterocycles. The van der Waals surface area contributed by atoms with Crippen LogP contribution in [0.5, 0.6) is 5.75 Å². The summed E-state index contributed by atoms with van der Waals surface area (Å²) in [4.78, 5) is 17.0. The number of thiazole rings is 1. The molecule has 1 heterocycles. The molecule has 0 bridgehead atoms. The molecule has 0 aliphatic carbocycles. The first kappa shape index (κ1) is 17.4. The largest absolute Gasteiger partial charge is 0.494 e. The molecule has 3 aromatic rings. The van der Waals surface area contributed by atoms with Crippen LogP contribution >= 0.6 is 11.3 Å². The van der Waals surface area contributed by atoms with E-state index in [1.165, 1.54) is 35.6 Å². The van der Waals surface area contributed by atoms with Gasteiger partial charge in [0.1, 0.15) is 11.3 Å².